The van der Waals surface area contributed by atoms with Crippen LogP contribution in [-0.2, 0) is 38.2 Å². The van der Waals surface area contributed by atoms with Gasteiger partial charge in [0.05, 0.1) is 40.2 Å². The fourth-order valence-electron chi connectivity index (χ4n) is 6.64. The molecule has 5 heterocycles. The van der Waals surface area contributed by atoms with Gasteiger partial charge in [-0.05, 0) is 80.7 Å². The van der Waals surface area contributed by atoms with E-state index < -0.39 is 32.1 Å². The Morgan fingerprint density at radius 2 is 1.55 bits per heavy atom. The molecule has 172 valence electrons. The molecule has 4 aliphatic heterocycles. The number of halogens is 1. The molecule has 1 aromatic heterocycles. The quantitative estimate of drug-likeness (QED) is 0.426. The number of aryl methyl sites for hydroxylation is 2. The van der Waals surface area contributed by atoms with E-state index in [1.165, 1.54) is 25.8 Å². The number of anilines is 1. The topological polar surface area (TPSA) is 63.7 Å². The molecule has 0 saturated carbocycles. The molecule has 0 N–H and O–H groups in total. The highest BCUT2D eigenvalue weighted by atomic mass is 35.5. The third-order valence-electron chi connectivity index (χ3n) is 8.28. The van der Waals surface area contributed by atoms with Crippen LogP contribution in [0.25, 0.3) is 0 Å². The highest BCUT2D eigenvalue weighted by molar-refractivity contribution is 7.89. The van der Waals surface area contributed by atoms with Gasteiger partial charge in [-0.1, -0.05) is 11.6 Å². The van der Waals surface area contributed by atoms with Gasteiger partial charge in [-0.2, -0.15) is 0 Å². The molecule has 0 spiro atoms. The van der Waals surface area contributed by atoms with E-state index in [0.717, 1.165) is 11.1 Å². The molecule has 3 unspecified atom stereocenters. The van der Waals surface area contributed by atoms with Crippen LogP contribution in [0.4, 0.5) is 5.69 Å². The molecule has 8 heteroatoms. The first-order valence-corrected chi connectivity index (χ1v) is 13.4. The van der Waals surface area contributed by atoms with E-state index in [9.17, 15) is 13.8 Å². The van der Waals surface area contributed by atoms with Crippen molar-refractivity contribution in [3.63, 3.8) is 0 Å². The largest absolute Gasteiger partial charge is 0.372 e. The fourth-order valence-corrected chi connectivity index (χ4v) is 10.5. The van der Waals surface area contributed by atoms with Crippen molar-refractivity contribution in [3.05, 3.63) is 61.3 Å². The van der Waals surface area contributed by atoms with Crippen molar-refractivity contribution in [1.82, 2.24) is 0 Å². The number of hydrogen-bond donors (Lipinski definition) is 0. The van der Waals surface area contributed by atoms with Gasteiger partial charge in [0.1, 0.15) is 0 Å². The Hall–Kier alpha value is -1.80. The lowest BCUT2D eigenvalue weighted by atomic mass is 9.64. The van der Waals surface area contributed by atoms with Crippen LogP contribution in [0.2, 0.25) is 5.02 Å². The second-order valence-corrected chi connectivity index (χ2v) is 13.8. The van der Waals surface area contributed by atoms with Crippen molar-refractivity contribution < 1.29 is 18.5 Å². The number of ether oxygens (including phenoxy) is 1. The van der Waals surface area contributed by atoms with Gasteiger partial charge in [-0.3, -0.25) is 13.8 Å². The normalized spacial score (nSPS) is 34.9. The van der Waals surface area contributed by atoms with Crippen molar-refractivity contribution in [2.24, 2.45) is 11.8 Å². The fraction of sp³-hybridized carbons (Fsp3) is 0.440. The summed E-state index contributed by atoms with van der Waals surface area (Å²) in [7, 11) is -1.41. The third kappa shape index (κ3) is 2.49. The molecule has 2 fully saturated rings. The Morgan fingerprint density at radius 3 is 2.18 bits per heavy atom. The number of rotatable bonds is 1. The van der Waals surface area contributed by atoms with Crippen LogP contribution < -0.4 is 4.90 Å². The number of fused-ring (bicyclic) bond motifs is 8. The van der Waals surface area contributed by atoms with E-state index in [4.69, 9.17) is 16.3 Å². The molecule has 6 rings (SSSR count). The summed E-state index contributed by atoms with van der Waals surface area (Å²) in [4.78, 5) is 31.3. The van der Waals surface area contributed by atoms with Gasteiger partial charge in [0.25, 0.3) is 0 Å². The number of hydrogen-bond acceptors (Lipinski definition) is 5. The minimum atomic E-state index is -1.41. The van der Waals surface area contributed by atoms with Crippen LogP contribution in [0, 0.1) is 25.7 Å². The van der Waals surface area contributed by atoms with Crippen molar-refractivity contribution in [1.29, 1.82) is 0 Å². The number of nitrogens with zero attached hydrogens (tertiary/aromatic N) is 1. The zero-order valence-electron chi connectivity index (χ0n) is 18.9. The Morgan fingerprint density at radius 1 is 0.970 bits per heavy atom. The molecule has 1 aromatic carbocycles. The highest BCUT2D eigenvalue weighted by Crippen LogP contribution is 2.66. The Labute approximate surface area is 204 Å². The van der Waals surface area contributed by atoms with Crippen molar-refractivity contribution in [2.45, 2.75) is 50.2 Å². The van der Waals surface area contributed by atoms with Crippen molar-refractivity contribution >= 4 is 51.2 Å². The van der Waals surface area contributed by atoms with Gasteiger partial charge < -0.3 is 4.74 Å². The molecule has 33 heavy (non-hydrogen) atoms. The van der Waals surface area contributed by atoms with Crippen LogP contribution in [0.1, 0.15) is 34.7 Å². The summed E-state index contributed by atoms with van der Waals surface area (Å²) >= 11 is 7.78. The summed E-state index contributed by atoms with van der Waals surface area (Å²) in [5.41, 5.74) is 4.93. The average Bonchev–Trinajstić information content (AvgIpc) is 3.29. The summed E-state index contributed by atoms with van der Waals surface area (Å²) in [6.07, 6.45) is 0.660. The predicted molar refractivity (Wildman–Crippen MR) is 130 cm³/mol. The average molecular weight is 502 g/mol. The second-order valence-electron chi connectivity index (χ2n) is 9.72. The molecule has 5 nitrogen and oxygen atoms in total. The molecule has 2 aromatic rings. The van der Waals surface area contributed by atoms with E-state index >= 15 is 0 Å². The van der Waals surface area contributed by atoms with Crippen molar-refractivity contribution in [2.75, 3.05) is 11.5 Å². The lowest BCUT2D eigenvalue weighted by molar-refractivity contribution is -0.122. The molecular weight excluding hydrogens is 478 g/mol. The van der Waals surface area contributed by atoms with Crippen LogP contribution in [0.3, 0.4) is 0 Å². The summed E-state index contributed by atoms with van der Waals surface area (Å²) in [6.45, 7) is 8.91. The molecule has 5 atom stereocenters. The first-order valence-electron chi connectivity index (χ1n) is 11.1. The Bertz CT molecular complexity index is 1310. The van der Waals surface area contributed by atoms with Gasteiger partial charge in [0.15, 0.2) is 0 Å². The summed E-state index contributed by atoms with van der Waals surface area (Å²) in [5, 5.41) is 0.539. The lowest BCUT2D eigenvalue weighted by Gasteiger charge is -2.35. The number of benzene rings is 1. The number of imide groups is 1. The smallest absolute Gasteiger partial charge is 0.239 e. The number of amides is 2. The van der Waals surface area contributed by atoms with Crippen LogP contribution in [0.15, 0.2) is 35.4 Å². The number of thiophene rings is 1. The Balaban J connectivity index is 1.51. The molecular formula is C25H24ClNO4S2. The van der Waals surface area contributed by atoms with Gasteiger partial charge in [0, 0.05) is 25.6 Å². The molecule has 2 saturated heterocycles. The SMILES string of the molecule is Cc1sc(C)c2c1COCC1=C(C2)[C@@]2(C)C3C(=O)N(c4ccc(Cl)cc4)C(=O)C3[C@]1(C)S2=O. The van der Waals surface area contributed by atoms with Gasteiger partial charge in [-0.25, -0.2) is 4.90 Å². The van der Waals surface area contributed by atoms with E-state index in [-0.39, 0.29) is 11.8 Å². The standard InChI is InChI=1S/C25H24ClNO4S2/c1-12-16-9-18-19(11-31-10-17(16)13(2)32-12)25(4)21-20(24(18,3)33(25)30)22(28)27(23(21)29)15-7-5-14(26)6-8-15/h5-8,20-21H,9-11H2,1-4H3/t20?,21?,24-,25+,33?/m0/s1. The van der Waals surface area contributed by atoms with Crippen LogP contribution >= 0.6 is 22.9 Å². The minimum absolute atomic E-state index is 0.264. The molecule has 4 aliphatic rings. The maximum atomic E-state index is 14.1. The maximum absolute atomic E-state index is 14.1. The molecule has 2 bridgehead atoms. The van der Waals surface area contributed by atoms with Gasteiger partial charge >= 0.3 is 0 Å². The van der Waals surface area contributed by atoms with E-state index in [1.54, 1.807) is 35.6 Å². The monoisotopic (exact) mass is 501 g/mol. The lowest BCUT2D eigenvalue weighted by Crippen LogP contribution is -2.44. The zero-order valence-corrected chi connectivity index (χ0v) is 21.2. The second kappa shape index (κ2) is 6.87. The summed E-state index contributed by atoms with van der Waals surface area (Å²) in [6, 6.07) is 6.74. The summed E-state index contributed by atoms with van der Waals surface area (Å²) < 4.78 is 18.4. The van der Waals surface area contributed by atoms with Crippen LogP contribution in [-0.4, -0.2) is 32.1 Å². The van der Waals surface area contributed by atoms with E-state index in [1.807, 2.05) is 13.8 Å². The summed E-state index contributed by atoms with van der Waals surface area (Å²) in [5.74, 6) is -1.84. The maximum Gasteiger partial charge on any atom is 0.239 e. The van der Waals surface area contributed by atoms with Crippen LogP contribution in [0.5, 0.6) is 0 Å². The Kier molecular flexibility index (Phi) is 4.52. The zero-order chi connectivity index (χ0) is 23.4. The highest BCUT2D eigenvalue weighted by Gasteiger charge is 2.78. The number of carbonyl (C=O) groups excluding carboxylic acids is 2. The third-order valence-corrected chi connectivity index (χ3v) is 12.2. The first kappa shape index (κ1) is 21.7. The minimum Gasteiger partial charge on any atom is -0.372 e. The molecule has 2 amide bonds. The molecule has 0 radical (unpaired) electrons. The van der Waals surface area contributed by atoms with Gasteiger partial charge in [-0.15, -0.1) is 11.3 Å². The van der Waals surface area contributed by atoms with E-state index in [0.29, 0.717) is 30.3 Å². The van der Waals surface area contributed by atoms with Crippen molar-refractivity contribution in [3.8, 4) is 0 Å². The molecule has 0 aliphatic carbocycles. The van der Waals surface area contributed by atoms with E-state index in [2.05, 4.69) is 13.8 Å². The predicted octanol–water partition coefficient (Wildman–Crippen LogP) is 4.49. The first-order chi connectivity index (χ1) is 15.6. The van der Waals surface area contributed by atoms with Gasteiger partial charge in [0.2, 0.25) is 11.8 Å². The number of carbonyl (C=O) groups is 2.